The number of ether oxygens (including phenoxy) is 3. The molecule has 6 nitrogen and oxygen atoms in total. The number of rotatable bonds is 6. The Morgan fingerprint density at radius 3 is 2.58 bits per heavy atom. The molecule has 0 unspecified atom stereocenters. The van der Waals surface area contributed by atoms with Crippen LogP contribution in [0.1, 0.15) is 6.92 Å². The normalized spacial score (nSPS) is 10.5. The molecule has 0 spiro atoms. The molecule has 3 rings (SSSR count). The number of carbonyl (C=O) groups is 1. The van der Waals surface area contributed by atoms with Gasteiger partial charge >= 0.3 is 5.97 Å². The molecule has 0 bridgehead atoms. The van der Waals surface area contributed by atoms with Crippen LogP contribution in [0, 0.1) is 5.82 Å². The predicted octanol–water partition coefficient (Wildman–Crippen LogP) is 3.67. The quantitative estimate of drug-likeness (QED) is 0.626. The Bertz CT molecular complexity index is 977. The standard InChI is InChI=1S/C19H15FO6/c1-2-23-18(21)11-24-14-7-8-15-16(9-14)25-10-17(19(15)22)26-13-5-3-12(20)4-6-13/h3-10H,2,11H2,1H3. The molecule has 26 heavy (non-hydrogen) atoms. The topological polar surface area (TPSA) is 75.0 Å². The summed E-state index contributed by atoms with van der Waals surface area (Å²) in [4.78, 5) is 23.8. The summed E-state index contributed by atoms with van der Waals surface area (Å²) in [5.74, 6) is -0.243. The second-order valence-corrected chi connectivity index (χ2v) is 5.24. The van der Waals surface area contributed by atoms with E-state index in [0.29, 0.717) is 11.5 Å². The van der Waals surface area contributed by atoms with Gasteiger partial charge in [-0.2, -0.15) is 0 Å². The van der Waals surface area contributed by atoms with Gasteiger partial charge in [0.25, 0.3) is 0 Å². The summed E-state index contributed by atoms with van der Waals surface area (Å²) in [5, 5.41) is 0.285. The zero-order valence-electron chi connectivity index (χ0n) is 13.9. The molecule has 3 aromatic rings. The van der Waals surface area contributed by atoms with Crippen molar-refractivity contribution in [2.45, 2.75) is 6.92 Å². The second-order valence-electron chi connectivity index (χ2n) is 5.24. The fourth-order valence-electron chi connectivity index (χ4n) is 2.23. The predicted molar refractivity (Wildman–Crippen MR) is 91.1 cm³/mol. The summed E-state index contributed by atoms with van der Waals surface area (Å²) in [6.45, 7) is 1.73. The van der Waals surface area contributed by atoms with Crippen LogP contribution in [0.4, 0.5) is 4.39 Å². The molecular formula is C19H15FO6. The summed E-state index contributed by atoms with van der Waals surface area (Å²) < 4.78 is 33.9. The lowest BCUT2D eigenvalue weighted by Crippen LogP contribution is -2.14. The van der Waals surface area contributed by atoms with Gasteiger partial charge in [-0.15, -0.1) is 0 Å². The van der Waals surface area contributed by atoms with Gasteiger partial charge in [-0.05, 0) is 43.3 Å². The van der Waals surface area contributed by atoms with Crippen LogP contribution in [0.15, 0.2) is 57.9 Å². The van der Waals surface area contributed by atoms with Gasteiger partial charge in [0.05, 0.1) is 12.0 Å². The van der Waals surface area contributed by atoms with E-state index in [1.54, 1.807) is 13.0 Å². The zero-order chi connectivity index (χ0) is 18.5. The lowest BCUT2D eigenvalue weighted by atomic mass is 10.2. The Labute approximate surface area is 147 Å². The maximum Gasteiger partial charge on any atom is 0.344 e. The van der Waals surface area contributed by atoms with Crippen LogP contribution in [0.5, 0.6) is 17.2 Å². The monoisotopic (exact) mass is 358 g/mol. The van der Waals surface area contributed by atoms with Crippen molar-refractivity contribution in [1.29, 1.82) is 0 Å². The average molecular weight is 358 g/mol. The van der Waals surface area contributed by atoms with Crippen LogP contribution in [-0.4, -0.2) is 19.2 Å². The van der Waals surface area contributed by atoms with E-state index in [1.165, 1.54) is 42.7 Å². The molecule has 0 fully saturated rings. The molecule has 0 amide bonds. The van der Waals surface area contributed by atoms with Crippen molar-refractivity contribution in [1.82, 2.24) is 0 Å². The molecule has 0 aliphatic heterocycles. The third kappa shape index (κ3) is 4.00. The van der Waals surface area contributed by atoms with Crippen molar-refractivity contribution in [3.05, 3.63) is 64.8 Å². The zero-order valence-corrected chi connectivity index (χ0v) is 13.9. The highest BCUT2D eigenvalue weighted by atomic mass is 19.1. The summed E-state index contributed by atoms with van der Waals surface area (Å²) in [6, 6.07) is 9.82. The SMILES string of the molecule is CCOC(=O)COc1ccc2c(=O)c(Oc3ccc(F)cc3)coc2c1. The third-order valence-corrected chi connectivity index (χ3v) is 3.42. The Morgan fingerprint density at radius 2 is 1.85 bits per heavy atom. The molecule has 0 aliphatic carbocycles. The molecular weight excluding hydrogens is 343 g/mol. The Morgan fingerprint density at radius 1 is 1.12 bits per heavy atom. The van der Waals surface area contributed by atoms with Gasteiger partial charge in [0.1, 0.15) is 29.2 Å². The summed E-state index contributed by atoms with van der Waals surface area (Å²) in [6.07, 6.45) is 1.17. The van der Waals surface area contributed by atoms with E-state index in [-0.39, 0.29) is 35.4 Å². The van der Waals surface area contributed by atoms with Crippen LogP contribution in [-0.2, 0) is 9.53 Å². The van der Waals surface area contributed by atoms with Gasteiger partial charge in [-0.1, -0.05) is 0 Å². The highest BCUT2D eigenvalue weighted by Gasteiger charge is 2.11. The van der Waals surface area contributed by atoms with Crippen LogP contribution >= 0.6 is 0 Å². The number of esters is 1. The van der Waals surface area contributed by atoms with E-state index >= 15 is 0 Å². The summed E-state index contributed by atoms with van der Waals surface area (Å²) in [7, 11) is 0. The molecule has 1 aromatic heterocycles. The number of benzene rings is 2. The van der Waals surface area contributed by atoms with Gasteiger partial charge in [0.2, 0.25) is 11.2 Å². The van der Waals surface area contributed by atoms with Gasteiger partial charge in [0, 0.05) is 6.07 Å². The van der Waals surface area contributed by atoms with Crippen molar-refractivity contribution in [3.8, 4) is 17.2 Å². The smallest absolute Gasteiger partial charge is 0.344 e. The minimum absolute atomic E-state index is 0.0238. The van der Waals surface area contributed by atoms with Crippen molar-refractivity contribution in [2.24, 2.45) is 0 Å². The Balaban J connectivity index is 1.81. The first-order chi connectivity index (χ1) is 12.6. The lowest BCUT2D eigenvalue weighted by Gasteiger charge is -2.08. The minimum atomic E-state index is -0.489. The van der Waals surface area contributed by atoms with E-state index in [1.807, 2.05) is 0 Å². The number of hydrogen-bond acceptors (Lipinski definition) is 6. The Kier molecular flexibility index (Phi) is 5.17. The van der Waals surface area contributed by atoms with Gasteiger partial charge in [0.15, 0.2) is 6.61 Å². The molecule has 0 saturated heterocycles. The fourth-order valence-corrected chi connectivity index (χ4v) is 2.23. The average Bonchev–Trinajstić information content (AvgIpc) is 2.64. The first kappa shape index (κ1) is 17.5. The summed E-state index contributed by atoms with van der Waals surface area (Å²) in [5.41, 5.74) is -0.102. The van der Waals surface area contributed by atoms with Crippen LogP contribution in [0.3, 0.4) is 0 Å². The molecule has 7 heteroatoms. The van der Waals surface area contributed by atoms with Crippen molar-refractivity contribution >= 4 is 16.9 Å². The Hall–Kier alpha value is -3.35. The number of hydrogen-bond donors (Lipinski definition) is 0. The fraction of sp³-hybridized carbons (Fsp3) is 0.158. The number of carbonyl (C=O) groups excluding carboxylic acids is 1. The third-order valence-electron chi connectivity index (χ3n) is 3.42. The van der Waals surface area contributed by atoms with Gasteiger partial charge < -0.3 is 18.6 Å². The van der Waals surface area contributed by atoms with E-state index in [0.717, 1.165) is 0 Å². The van der Waals surface area contributed by atoms with Crippen LogP contribution < -0.4 is 14.9 Å². The van der Waals surface area contributed by atoms with Crippen molar-refractivity contribution in [3.63, 3.8) is 0 Å². The largest absolute Gasteiger partial charge is 0.482 e. The van der Waals surface area contributed by atoms with E-state index in [9.17, 15) is 14.0 Å². The first-order valence-electron chi connectivity index (χ1n) is 7.84. The van der Waals surface area contributed by atoms with Gasteiger partial charge in [-0.25, -0.2) is 9.18 Å². The van der Waals surface area contributed by atoms with Crippen LogP contribution in [0.2, 0.25) is 0 Å². The van der Waals surface area contributed by atoms with E-state index in [4.69, 9.17) is 18.6 Å². The van der Waals surface area contributed by atoms with E-state index in [2.05, 4.69) is 0 Å². The van der Waals surface area contributed by atoms with E-state index < -0.39 is 11.8 Å². The van der Waals surface area contributed by atoms with Crippen LogP contribution in [0.25, 0.3) is 11.0 Å². The lowest BCUT2D eigenvalue weighted by molar-refractivity contribution is -0.145. The number of halogens is 1. The first-order valence-corrected chi connectivity index (χ1v) is 7.84. The van der Waals surface area contributed by atoms with Crippen molar-refractivity contribution in [2.75, 3.05) is 13.2 Å². The molecule has 134 valence electrons. The molecule has 0 N–H and O–H groups in total. The molecule has 2 aromatic carbocycles. The summed E-state index contributed by atoms with van der Waals surface area (Å²) >= 11 is 0. The molecule has 0 radical (unpaired) electrons. The molecule has 0 saturated carbocycles. The maximum atomic E-state index is 12.9. The highest BCUT2D eigenvalue weighted by Crippen LogP contribution is 2.24. The second kappa shape index (κ2) is 7.69. The minimum Gasteiger partial charge on any atom is -0.482 e. The molecule has 1 heterocycles. The van der Waals surface area contributed by atoms with Crippen molar-refractivity contribution < 1.29 is 27.8 Å². The number of fused-ring (bicyclic) bond motifs is 1. The molecule has 0 aliphatic rings. The molecule has 0 atom stereocenters. The maximum absolute atomic E-state index is 12.9. The van der Waals surface area contributed by atoms with Gasteiger partial charge in [-0.3, -0.25) is 4.79 Å². The highest BCUT2D eigenvalue weighted by molar-refractivity contribution is 5.79.